The number of nitrogens with zero attached hydrogens (tertiary/aromatic N) is 2. The molecule has 0 spiro atoms. The highest BCUT2D eigenvalue weighted by Gasteiger charge is 2.33. The Morgan fingerprint density at radius 2 is 1.68 bits per heavy atom. The first-order valence-corrected chi connectivity index (χ1v) is 9.59. The van der Waals surface area contributed by atoms with Crippen LogP contribution in [0.5, 0.6) is 0 Å². The summed E-state index contributed by atoms with van der Waals surface area (Å²) in [6.07, 6.45) is 3.63. The third-order valence-electron chi connectivity index (χ3n) is 4.25. The van der Waals surface area contributed by atoms with Crippen LogP contribution >= 0.6 is 24.0 Å². The van der Waals surface area contributed by atoms with E-state index in [9.17, 15) is 14.7 Å². The lowest BCUT2D eigenvalue weighted by Crippen LogP contribution is -2.27. The van der Waals surface area contributed by atoms with Crippen molar-refractivity contribution in [1.29, 1.82) is 0 Å². The maximum absolute atomic E-state index is 12.9. The SMILES string of the molecule is O=C([O-])c1ccc(-n2cccc2/C=C2\SC(=S)N(c3ccccc3)C2=O)cc1. The summed E-state index contributed by atoms with van der Waals surface area (Å²) in [6, 6.07) is 19.4. The van der Waals surface area contributed by atoms with Crippen LogP contribution in [0.15, 0.2) is 77.8 Å². The number of rotatable bonds is 4. The molecule has 5 nitrogen and oxygen atoms in total. The number of amides is 1. The molecular weight excluding hydrogens is 392 g/mol. The molecule has 1 aliphatic rings. The topological polar surface area (TPSA) is 65.4 Å². The van der Waals surface area contributed by atoms with Crippen LogP contribution in [0.3, 0.4) is 0 Å². The Morgan fingerprint density at radius 1 is 0.964 bits per heavy atom. The fraction of sp³-hybridized carbons (Fsp3) is 0. The van der Waals surface area contributed by atoms with Crippen molar-refractivity contribution in [3.63, 3.8) is 0 Å². The Hall–Kier alpha value is -3.16. The van der Waals surface area contributed by atoms with Crippen molar-refractivity contribution in [3.8, 4) is 5.69 Å². The lowest BCUT2D eigenvalue weighted by Gasteiger charge is -2.13. The summed E-state index contributed by atoms with van der Waals surface area (Å²) in [5, 5.41) is 10.9. The summed E-state index contributed by atoms with van der Waals surface area (Å²) >= 11 is 6.65. The maximum atomic E-state index is 12.9. The van der Waals surface area contributed by atoms with Crippen LogP contribution in [-0.2, 0) is 4.79 Å². The number of thiocarbonyl (C=S) groups is 1. The van der Waals surface area contributed by atoms with Gasteiger partial charge in [0, 0.05) is 17.6 Å². The summed E-state index contributed by atoms with van der Waals surface area (Å²) in [5.41, 5.74) is 2.41. The van der Waals surface area contributed by atoms with Gasteiger partial charge in [-0.15, -0.1) is 0 Å². The van der Waals surface area contributed by atoms with Gasteiger partial charge in [-0.3, -0.25) is 9.69 Å². The zero-order valence-electron chi connectivity index (χ0n) is 14.4. The molecule has 2 heterocycles. The number of carbonyl (C=O) groups is 2. The number of carbonyl (C=O) groups excluding carboxylic acids is 2. The van der Waals surface area contributed by atoms with Gasteiger partial charge in [-0.1, -0.05) is 54.3 Å². The number of anilines is 1. The van der Waals surface area contributed by atoms with E-state index in [2.05, 4.69) is 0 Å². The molecule has 1 amide bonds. The smallest absolute Gasteiger partial charge is 0.270 e. The standard InChI is InChI=1S/C21H14N2O3S2/c24-19-18(28-21(27)23(19)16-5-2-1-3-6-16)13-17-7-4-12-22(17)15-10-8-14(9-11-15)20(25)26/h1-13H,(H,25,26)/p-1/b18-13-. The Balaban J connectivity index is 1.66. The van der Waals surface area contributed by atoms with Gasteiger partial charge >= 0.3 is 0 Å². The monoisotopic (exact) mass is 405 g/mol. The van der Waals surface area contributed by atoms with E-state index in [0.29, 0.717) is 9.23 Å². The highest BCUT2D eigenvalue weighted by molar-refractivity contribution is 8.27. The zero-order valence-corrected chi connectivity index (χ0v) is 16.1. The lowest BCUT2D eigenvalue weighted by molar-refractivity contribution is -0.255. The van der Waals surface area contributed by atoms with Crippen molar-refractivity contribution in [2.24, 2.45) is 0 Å². The van der Waals surface area contributed by atoms with Crippen LogP contribution in [-0.4, -0.2) is 20.8 Å². The Morgan fingerprint density at radius 3 is 2.36 bits per heavy atom. The second kappa shape index (κ2) is 7.46. The number of hydrogen-bond acceptors (Lipinski definition) is 5. The van der Waals surface area contributed by atoms with Gasteiger partial charge in [0.05, 0.1) is 16.6 Å². The minimum atomic E-state index is -1.22. The Labute approximate surface area is 170 Å². The molecule has 0 radical (unpaired) electrons. The number of thioether (sulfide) groups is 1. The first-order valence-electron chi connectivity index (χ1n) is 8.37. The largest absolute Gasteiger partial charge is 0.545 e. The van der Waals surface area contributed by atoms with E-state index in [1.165, 1.54) is 28.8 Å². The number of carboxylic acid groups (broad SMARTS) is 1. The molecule has 7 heteroatoms. The van der Waals surface area contributed by atoms with Crippen LogP contribution in [0.1, 0.15) is 16.1 Å². The average molecular weight is 405 g/mol. The van der Waals surface area contributed by atoms with E-state index in [0.717, 1.165) is 17.1 Å². The van der Waals surface area contributed by atoms with E-state index in [4.69, 9.17) is 12.2 Å². The second-order valence-corrected chi connectivity index (χ2v) is 7.67. The molecule has 3 aromatic rings. The number of benzene rings is 2. The fourth-order valence-corrected chi connectivity index (χ4v) is 4.19. The van der Waals surface area contributed by atoms with Crippen molar-refractivity contribution < 1.29 is 14.7 Å². The molecule has 1 aromatic heterocycles. The highest BCUT2D eigenvalue weighted by atomic mass is 32.2. The van der Waals surface area contributed by atoms with Gasteiger partial charge in [0.2, 0.25) is 0 Å². The normalized spacial score (nSPS) is 15.4. The number of aromatic nitrogens is 1. The van der Waals surface area contributed by atoms with Crippen molar-refractivity contribution in [2.75, 3.05) is 4.90 Å². The fourth-order valence-electron chi connectivity index (χ4n) is 2.91. The van der Waals surface area contributed by atoms with Crippen LogP contribution in [0.25, 0.3) is 11.8 Å². The van der Waals surface area contributed by atoms with E-state index in [1.54, 1.807) is 18.2 Å². The quantitative estimate of drug-likeness (QED) is 0.492. The van der Waals surface area contributed by atoms with Gasteiger partial charge in [-0.05, 0) is 48.0 Å². The molecule has 0 atom stereocenters. The van der Waals surface area contributed by atoms with Crippen LogP contribution < -0.4 is 10.0 Å². The van der Waals surface area contributed by atoms with Crippen LogP contribution in [0.2, 0.25) is 0 Å². The molecule has 138 valence electrons. The van der Waals surface area contributed by atoms with Gasteiger partial charge in [-0.2, -0.15) is 0 Å². The molecular formula is C21H13N2O3S2-. The molecule has 28 heavy (non-hydrogen) atoms. The van der Waals surface area contributed by atoms with Crippen molar-refractivity contribution in [3.05, 3.63) is 89.1 Å². The van der Waals surface area contributed by atoms with Gasteiger partial charge in [0.1, 0.15) is 0 Å². The minimum absolute atomic E-state index is 0.112. The molecule has 0 unspecified atom stereocenters. The van der Waals surface area contributed by atoms with Crippen molar-refractivity contribution in [2.45, 2.75) is 0 Å². The first kappa shape index (κ1) is 18.2. The van der Waals surface area contributed by atoms with Crippen LogP contribution in [0, 0.1) is 0 Å². The molecule has 4 rings (SSSR count). The van der Waals surface area contributed by atoms with Crippen molar-refractivity contribution in [1.82, 2.24) is 4.57 Å². The molecule has 1 saturated heterocycles. The van der Waals surface area contributed by atoms with Gasteiger partial charge in [-0.25, -0.2) is 0 Å². The zero-order chi connectivity index (χ0) is 19.7. The van der Waals surface area contributed by atoms with E-state index >= 15 is 0 Å². The summed E-state index contributed by atoms with van der Waals surface area (Å²) < 4.78 is 2.35. The number of carboxylic acids is 1. The minimum Gasteiger partial charge on any atom is -0.545 e. The highest BCUT2D eigenvalue weighted by Crippen LogP contribution is 2.36. The maximum Gasteiger partial charge on any atom is 0.270 e. The predicted molar refractivity (Wildman–Crippen MR) is 112 cm³/mol. The molecule has 0 N–H and O–H groups in total. The third-order valence-corrected chi connectivity index (χ3v) is 5.55. The molecule has 1 aliphatic heterocycles. The van der Waals surface area contributed by atoms with Gasteiger partial charge in [0.25, 0.3) is 5.91 Å². The third kappa shape index (κ3) is 3.37. The summed E-state index contributed by atoms with van der Waals surface area (Å²) in [7, 11) is 0. The van der Waals surface area contributed by atoms with Crippen molar-refractivity contribution >= 4 is 51.9 Å². The number of hydrogen-bond donors (Lipinski definition) is 0. The first-order chi connectivity index (χ1) is 13.5. The molecule has 2 aromatic carbocycles. The molecule has 0 aliphatic carbocycles. The molecule has 0 saturated carbocycles. The Kier molecular flexibility index (Phi) is 4.85. The van der Waals surface area contributed by atoms with Gasteiger partial charge in [0.15, 0.2) is 4.32 Å². The second-order valence-electron chi connectivity index (χ2n) is 5.99. The number of para-hydroxylation sites is 1. The summed E-state index contributed by atoms with van der Waals surface area (Å²) in [5.74, 6) is -1.38. The van der Waals surface area contributed by atoms with Crippen LogP contribution in [0.4, 0.5) is 5.69 Å². The van der Waals surface area contributed by atoms with E-state index < -0.39 is 5.97 Å². The average Bonchev–Trinajstić information content (AvgIpc) is 3.27. The summed E-state index contributed by atoms with van der Waals surface area (Å²) in [6.45, 7) is 0. The molecule has 0 bridgehead atoms. The van der Waals surface area contributed by atoms with Gasteiger partial charge < -0.3 is 14.5 Å². The lowest BCUT2D eigenvalue weighted by atomic mass is 10.2. The van der Waals surface area contributed by atoms with E-state index in [1.807, 2.05) is 53.2 Å². The number of aromatic carboxylic acids is 1. The summed E-state index contributed by atoms with van der Waals surface area (Å²) in [4.78, 5) is 25.9. The molecule has 1 fully saturated rings. The van der Waals surface area contributed by atoms with E-state index in [-0.39, 0.29) is 11.5 Å². The predicted octanol–water partition coefficient (Wildman–Crippen LogP) is 3.25. The Bertz CT molecular complexity index is 1100.